The van der Waals surface area contributed by atoms with Crippen LogP contribution in [0.3, 0.4) is 0 Å². The second kappa shape index (κ2) is 10.2. The Morgan fingerprint density at radius 1 is 0.906 bits per heavy atom. The van der Waals surface area contributed by atoms with Crippen LogP contribution >= 0.6 is 0 Å². The Kier molecular flexibility index (Phi) is 6.72. The first kappa shape index (κ1) is 21.1. The number of nitrogens with zero attached hydrogens (tertiary/aromatic N) is 1. The van der Waals surface area contributed by atoms with Gasteiger partial charge in [-0.05, 0) is 47.0 Å². The second-order valence-corrected chi connectivity index (χ2v) is 7.16. The molecule has 1 aromatic heterocycles. The number of halogens is 1. The van der Waals surface area contributed by atoms with E-state index in [1.54, 1.807) is 30.6 Å². The molecule has 0 spiro atoms. The van der Waals surface area contributed by atoms with Crippen molar-refractivity contribution in [3.8, 4) is 16.9 Å². The third-order valence-corrected chi connectivity index (χ3v) is 4.81. The number of amides is 2. The summed E-state index contributed by atoms with van der Waals surface area (Å²) in [5.41, 5.74) is 4.26. The number of nitrogens with one attached hydrogen (secondary N) is 2. The molecule has 160 valence electrons. The van der Waals surface area contributed by atoms with E-state index in [4.69, 9.17) is 4.74 Å². The summed E-state index contributed by atoms with van der Waals surface area (Å²) in [6.45, 7) is 0.666. The van der Waals surface area contributed by atoms with Gasteiger partial charge in [-0.15, -0.1) is 0 Å². The summed E-state index contributed by atoms with van der Waals surface area (Å²) in [6.07, 6.45) is 3.39. The number of carbonyl (C=O) groups is 1. The van der Waals surface area contributed by atoms with Crippen LogP contribution in [0.5, 0.6) is 5.75 Å². The van der Waals surface area contributed by atoms with Gasteiger partial charge in [-0.3, -0.25) is 4.98 Å². The molecule has 3 aromatic carbocycles. The van der Waals surface area contributed by atoms with E-state index in [0.717, 1.165) is 22.3 Å². The van der Waals surface area contributed by atoms with Gasteiger partial charge in [-0.1, -0.05) is 48.5 Å². The summed E-state index contributed by atoms with van der Waals surface area (Å²) in [7, 11) is 0. The van der Waals surface area contributed by atoms with Gasteiger partial charge < -0.3 is 15.4 Å². The predicted octanol–water partition coefficient (Wildman–Crippen LogP) is 5.79. The Morgan fingerprint density at radius 3 is 2.47 bits per heavy atom. The van der Waals surface area contributed by atoms with Gasteiger partial charge in [0, 0.05) is 36.3 Å². The summed E-state index contributed by atoms with van der Waals surface area (Å²) in [4.78, 5) is 16.1. The van der Waals surface area contributed by atoms with Gasteiger partial charge in [0.05, 0.1) is 0 Å². The quantitative estimate of drug-likeness (QED) is 0.392. The number of hydrogen-bond acceptors (Lipinski definition) is 3. The molecule has 0 bridgehead atoms. The van der Waals surface area contributed by atoms with Crippen LogP contribution in [0, 0.1) is 5.82 Å². The maximum absolute atomic E-state index is 13.8. The molecule has 4 rings (SSSR count). The van der Waals surface area contributed by atoms with Crippen molar-refractivity contribution in [2.75, 3.05) is 5.32 Å². The minimum Gasteiger partial charge on any atom is -0.488 e. The molecule has 5 nitrogen and oxygen atoms in total. The fourth-order valence-corrected chi connectivity index (χ4v) is 3.18. The number of carbonyl (C=O) groups excluding carboxylic acids is 1. The van der Waals surface area contributed by atoms with Crippen LogP contribution in [0.15, 0.2) is 97.3 Å². The van der Waals surface area contributed by atoms with Crippen LogP contribution in [0.1, 0.15) is 11.1 Å². The molecule has 0 atom stereocenters. The van der Waals surface area contributed by atoms with Crippen molar-refractivity contribution in [3.05, 3.63) is 114 Å². The summed E-state index contributed by atoms with van der Waals surface area (Å²) in [6, 6.07) is 25.0. The Hall–Kier alpha value is -4.19. The van der Waals surface area contributed by atoms with Crippen molar-refractivity contribution in [1.82, 2.24) is 10.3 Å². The van der Waals surface area contributed by atoms with E-state index in [2.05, 4.69) is 15.6 Å². The molecule has 6 heteroatoms. The lowest BCUT2D eigenvalue weighted by atomic mass is 10.0. The number of urea groups is 1. The molecule has 0 aliphatic heterocycles. The molecule has 1 heterocycles. The molecule has 0 aliphatic rings. The molecule has 0 saturated heterocycles. The number of benzene rings is 3. The van der Waals surface area contributed by atoms with Crippen molar-refractivity contribution in [2.24, 2.45) is 0 Å². The zero-order chi connectivity index (χ0) is 22.2. The van der Waals surface area contributed by atoms with E-state index >= 15 is 0 Å². The minimum absolute atomic E-state index is 0.275. The van der Waals surface area contributed by atoms with Gasteiger partial charge in [0.1, 0.15) is 18.2 Å². The number of hydrogen-bond donors (Lipinski definition) is 2. The van der Waals surface area contributed by atoms with E-state index in [1.165, 1.54) is 12.1 Å². The minimum atomic E-state index is -0.350. The van der Waals surface area contributed by atoms with E-state index in [9.17, 15) is 9.18 Å². The molecular formula is C26H22FN3O2. The van der Waals surface area contributed by atoms with Crippen LogP contribution in [0.2, 0.25) is 0 Å². The average molecular weight is 427 g/mol. The largest absolute Gasteiger partial charge is 0.488 e. The summed E-state index contributed by atoms with van der Waals surface area (Å²) in [5.74, 6) is 0.129. The van der Waals surface area contributed by atoms with Crippen LogP contribution in [-0.4, -0.2) is 11.0 Å². The molecule has 32 heavy (non-hydrogen) atoms. The monoisotopic (exact) mass is 427 g/mol. The first-order valence-corrected chi connectivity index (χ1v) is 10.2. The number of aromatic nitrogens is 1. The highest BCUT2D eigenvalue weighted by atomic mass is 19.1. The molecule has 0 saturated carbocycles. The summed E-state index contributed by atoms with van der Waals surface area (Å²) in [5, 5.41) is 5.58. The van der Waals surface area contributed by atoms with Crippen LogP contribution in [-0.2, 0) is 13.2 Å². The van der Waals surface area contributed by atoms with Crippen molar-refractivity contribution in [3.63, 3.8) is 0 Å². The van der Waals surface area contributed by atoms with E-state index < -0.39 is 0 Å². The molecule has 2 amide bonds. The maximum Gasteiger partial charge on any atom is 0.319 e. The van der Waals surface area contributed by atoms with Crippen LogP contribution in [0.25, 0.3) is 11.1 Å². The van der Waals surface area contributed by atoms with Crippen molar-refractivity contribution in [2.45, 2.75) is 13.2 Å². The lowest BCUT2D eigenvalue weighted by Gasteiger charge is -2.13. The first-order chi connectivity index (χ1) is 15.7. The Labute approximate surface area is 185 Å². The number of pyridine rings is 1. The molecular weight excluding hydrogens is 405 g/mol. The standard InChI is InChI=1S/C26H22FN3O2/c27-22-10-13-24(21-6-2-1-3-7-21)25(15-22)32-18-19-8-11-23(12-9-19)30-26(31)29-17-20-5-4-14-28-16-20/h1-16H,17-18H2,(H2,29,30,31). The van der Waals surface area contributed by atoms with Gasteiger partial charge in [-0.25, -0.2) is 9.18 Å². The fourth-order valence-electron chi connectivity index (χ4n) is 3.18. The van der Waals surface area contributed by atoms with Gasteiger partial charge in [-0.2, -0.15) is 0 Å². The highest BCUT2D eigenvalue weighted by Gasteiger charge is 2.09. The van der Waals surface area contributed by atoms with Crippen molar-refractivity contribution < 1.29 is 13.9 Å². The average Bonchev–Trinajstić information content (AvgIpc) is 2.84. The fraction of sp³-hybridized carbons (Fsp3) is 0.0769. The van der Waals surface area contributed by atoms with Crippen LogP contribution in [0.4, 0.5) is 14.9 Å². The lowest BCUT2D eigenvalue weighted by Crippen LogP contribution is -2.28. The highest BCUT2D eigenvalue weighted by molar-refractivity contribution is 5.89. The Bertz CT molecular complexity index is 1170. The van der Waals surface area contributed by atoms with Gasteiger partial charge >= 0.3 is 6.03 Å². The lowest BCUT2D eigenvalue weighted by molar-refractivity contribution is 0.251. The van der Waals surface area contributed by atoms with Crippen molar-refractivity contribution >= 4 is 11.7 Å². The molecule has 2 N–H and O–H groups in total. The molecule has 0 aliphatic carbocycles. The molecule has 0 unspecified atom stereocenters. The van der Waals surface area contributed by atoms with Gasteiger partial charge in [0.15, 0.2) is 0 Å². The summed E-state index contributed by atoms with van der Waals surface area (Å²) >= 11 is 0. The highest BCUT2D eigenvalue weighted by Crippen LogP contribution is 2.31. The summed E-state index contributed by atoms with van der Waals surface area (Å²) < 4.78 is 19.7. The SMILES string of the molecule is O=C(NCc1cccnc1)Nc1ccc(COc2cc(F)ccc2-c2ccccc2)cc1. The number of anilines is 1. The van der Waals surface area contributed by atoms with Crippen molar-refractivity contribution in [1.29, 1.82) is 0 Å². The molecule has 0 fully saturated rings. The smallest absolute Gasteiger partial charge is 0.319 e. The van der Waals surface area contributed by atoms with Crippen LogP contribution < -0.4 is 15.4 Å². The van der Waals surface area contributed by atoms with E-state index in [1.807, 2.05) is 54.6 Å². The maximum atomic E-state index is 13.8. The normalized spacial score (nSPS) is 10.4. The third-order valence-electron chi connectivity index (χ3n) is 4.81. The zero-order valence-corrected chi connectivity index (χ0v) is 17.3. The number of rotatable bonds is 7. The second-order valence-electron chi connectivity index (χ2n) is 7.16. The predicted molar refractivity (Wildman–Crippen MR) is 123 cm³/mol. The van der Waals surface area contributed by atoms with Gasteiger partial charge in [0.2, 0.25) is 0 Å². The molecule has 4 aromatic rings. The Morgan fingerprint density at radius 2 is 1.72 bits per heavy atom. The van der Waals surface area contributed by atoms with E-state index in [-0.39, 0.29) is 18.5 Å². The third kappa shape index (κ3) is 5.70. The zero-order valence-electron chi connectivity index (χ0n) is 17.3. The van der Waals surface area contributed by atoms with Gasteiger partial charge in [0.25, 0.3) is 0 Å². The first-order valence-electron chi connectivity index (χ1n) is 10.2. The molecule has 0 radical (unpaired) electrons. The van der Waals surface area contributed by atoms with E-state index in [0.29, 0.717) is 18.0 Å². The number of ether oxygens (including phenoxy) is 1. The Balaban J connectivity index is 1.34. The topological polar surface area (TPSA) is 63.2 Å².